The van der Waals surface area contributed by atoms with Gasteiger partial charge >= 0.3 is 6.03 Å². The van der Waals surface area contributed by atoms with E-state index >= 15 is 0 Å². The highest BCUT2D eigenvalue weighted by atomic mass is 32.2. The molecule has 9 heteroatoms. The van der Waals surface area contributed by atoms with E-state index in [2.05, 4.69) is 10.0 Å². The lowest BCUT2D eigenvalue weighted by molar-refractivity contribution is 0.102. The van der Waals surface area contributed by atoms with Crippen LogP contribution in [0, 0.1) is 12.8 Å². The molecule has 196 valence electrons. The van der Waals surface area contributed by atoms with Crippen molar-refractivity contribution in [1.82, 2.24) is 14.5 Å². The molecule has 1 aliphatic heterocycles. The van der Waals surface area contributed by atoms with Crippen LogP contribution in [0.25, 0.3) is 10.8 Å². The summed E-state index contributed by atoms with van der Waals surface area (Å²) in [6.45, 7) is 4.88. The van der Waals surface area contributed by atoms with Gasteiger partial charge in [0.25, 0.3) is 5.91 Å². The molecule has 1 aliphatic rings. The maximum Gasteiger partial charge on any atom is 0.319 e. The van der Waals surface area contributed by atoms with Crippen molar-refractivity contribution >= 4 is 38.4 Å². The molecule has 37 heavy (non-hydrogen) atoms. The van der Waals surface area contributed by atoms with E-state index < -0.39 is 10.0 Å². The fourth-order valence-electron chi connectivity index (χ4n) is 4.95. The average molecular weight is 523 g/mol. The van der Waals surface area contributed by atoms with Crippen LogP contribution in [0.3, 0.4) is 0 Å². The zero-order valence-corrected chi connectivity index (χ0v) is 22.5. The van der Waals surface area contributed by atoms with Crippen LogP contribution < -0.4 is 10.0 Å². The number of fused-ring (bicyclic) bond motifs is 1. The molecule has 4 rings (SSSR count). The quantitative estimate of drug-likeness (QED) is 0.499. The van der Waals surface area contributed by atoms with Gasteiger partial charge in [-0.25, -0.2) is 17.9 Å². The highest BCUT2D eigenvalue weighted by molar-refractivity contribution is 7.89. The zero-order valence-electron chi connectivity index (χ0n) is 21.7. The van der Waals surface area contributed by atoms with Crippen molar-refractivity contribution in [3.63, 3.8) is 0 Å². The summed E-state index contributed by atoms with van der Waals surface area (Å²) >= 11 is 0. The van der Waals surface area contributed by atoms with Crippen LogP contribution in [-0.4, -0.2) is 63.4 Å². The van der Waals surface area contributed by atoms with Gasteiger partial charge < -0.3 is 15.1 Å². The smallest absolute Gasteiger partial charge is 0.319 e. The van der Waals surface area contributed by atoms with Crippen LogP contribution in [-0.2, 0) is 10.0 Å². The number of carbonyl (C=O) groups is 2. The molecule has 0 spiro atoms. The first-order chi connectivity index (χ1) is 17.6. The summed E-state index contributed by atoms with van der Waals surface area (Å²) in [7, 11) is -0.427. The minimum Gasteiger partial charge on any atom is -0.331 e. The lowest BCUT2D eigenvalue weighted by Gasteiger charge is -2.39. The second-order valence-electron chi connectivity index (χ2n) is 9.73. The molecule has 2 N–H and O–H groups in total. The number of sulfonamides is 1. The van der Waals surface area contributed by atoms with E-state index in [0.29, 0.717) is 41.5 Å². The van der Waals surface area contributed by atoms with Gasteiger partial charge in [-0.05, 0) is 43.0 Å². The normalized spacial score (nSPS) is 18.0. The maximum atomic E-state index is 13.6. The number of nitrogens with zero attached hydrogens (tertiary/aromatic N) is 2. The van der Waals surface area contributed by atoms with Crippen LogP contribution >= 0.6 is 0 Å². The highest BCUT2D eigenvalue weighted by Crippen LogP contribution is 2.31. The van der Waals surface area contributed by atoms with Gasteiger partial charge in [0.15, 0.2) is 0 Å². The van der Waals surface area contributed by atoms with E-state index in [-0.39, 0.29) is 28.8 Å². The number of amides is 3. The first kappa shape index (κ1) is 26.6. The monoisotopic (exact) mass is 522 g/mol. The zero-order chi connectivity index (χ0) is 26.7. The van der Waals surface area contributed by atoms with Crippen LogP contribution in [0.2, 0.25) is 0 Å². The number of aryl methyl sites for hydroxylation is 1. The summed E-state index contributed by atoms with van der Waals surface area (Å²) in [6.07, 6.45) is 1.29. The van der Waals surface area contributed by atoms with E-state index in [4.69, 9.17) is 0 Å². The maximum absolute atomic E-state index is 13.6. The third-order valence-electron chi connectivity index (χ3n) is 7.03. The summed E-state index contributed by atoms with van der Waals surface area (Å²) < 4.78 is 30.1. The van der Waals surface area contributed by atoms with Crippen molar-refractivity contribution in [1.29, 1.82) is 0 Å². The molecular formula is C28H34N4O4S. The predicted octanol–water partition coefficient (Wildman–Crippen LogP) is 4.46. The summed E-state index contributed by atoms with van der Waals surface area (Å²) in [5, 5.41) is 4.12. The number of carbonyl (C=O) groups excluding carboxylic acids is 2. The Balaban J connectivity index is 1.60. The lowest BCUT2D eigenvalue weighted by atomic mass is 9.91. The predicted molar refractivity (Wildman–Crippen MR) is 146 cm³/mol. The van der Waals surface area contributed by atoms with Gasteiger partial charge in [0, 0.05) is 55.2 Å². The van der Waals surface area contributed by atoms with Crippen LogP contribution in [0.1, 0.15) is 35.7 Å². The second kappa shape index (κ2) is 10.9. The number of hydrogen-bond donors (Lipinski definition) is 2. The largest absolute Gasteiger partial charge is 0.331 e. The molecule has 8 nitrogen and oxygen atoms in total. The van der Waals surface area contributed by atoms with E-state index in [9.17, 15) is 18.0 Å². The molecule has 1 fully saturated rings. The second-order valence-corrected chi connectivity index (χ2v) is 11.4. The Bertz CT molecular complexity index is 1420. The van der Waals surface area contributed by atoms with Crippen LogP contribution in [0.5, 0.6) is 0 Å². The standard InChI is InChI=1S/C28H34N4O4S/c1-5-20-18-32(28(34)31(3)4)17-16-24(20)30-37(35,36)26-15-14-25(22-12-8-9-13-23(22)26)29-27(33)21-11-7-6-10-19(21)2/h6-15,20,24,30H,5,16-18H2,1-4H3,(H,29,33)/t20-,24+/m0/s1. The average Bonchev–Trinajstić information content (AvgIpc) is 2.88. The minimum absolute atomic E-state index is 0.00589. The van der Waals surface area contributed by atoms with Crippen molar-refractivity contribution in [2.24, 2.45) is 5.92 Å². The van der Waals surface area contributed by atoms with E-state index in [1.807, 2.05) is 44.2 Å². The molecule has 0 aromatic heterocycles. The number of rotatable bonds is 6. The van der Waals surface area contributed by atoms with E-state index in [1.165, 1.54) is 0 Å². The molecule has 3 aromatic carbocycles. The third kappa shape index (κ3) is 5.62. The highest BCUT2D eigenvalue weighted by Gasteiger charge is 2.34. The summed E-state index contributed by atoms with van der Waals surface area (Å²) in [4.78, 5) is 28.8. The van der Waals surface area contributed by atoms with Gasteiger partial charge in [0.2, 0.25) is 10.0 Å². The summed E-state index contributed by atoms with van der Waals surface area (Å²) in [5.74, 6) is -0.242. The number of anilines is 1. The number of hydrogen-bond acceptors (Lipinski definition) is 4. The first-order valence-electron chi connectivity index (χ1n) is 12.5. The molecule has 0 aliphatic carbocycles. The van der Waals surface area contributed by atoms with E-state index in [1.54, 1.807) is 54.2 Å². The molecule has 0 radical (unpaired) electrons. The Morgan fingerprint density at radius 1 is 1.00 bits per heavy atom. The Kier molecular flexibility index (Phi) is 7.85. The SMILES string of the molecule is CC[C@H]1CN(C(=O)N(C)C)CC[C@H]1NS(=O)(=O)c1ccc(NC(=O)c2ccccc2C)c2ccccc12. The van der Waals surface area contributed by atoms with Crippen LogP contribution in [0.15, 0.2) is 65.6 Å². The Morgan fingerprint density at radius 3 is 2.35 bits per heavy atom. The van der Waals surface area contributed by atoms with Crippen molar-refractivity contribution < 1.29 is 18.0 Å². The van der Waals surface area contributed by atoms with Gasteiger partial charge in [0.05, 0.1) is 4.90 Å². The van der Waals surface area contributed by atoms with Gasteiger partial charge in [-0.15, -0.1) is 0 Å². The number of urea groups is 1. The molecule has 0 saturated carbocycles. The molecular weight excluding hydrogens is 488 g/mol. The van der Waals surface area contributed by atoms with Gasteiger partial charge in [-0.3, -0.25) is 4.79 Å². The molecule has 1 saturated heterocycles. The Morgan fingerprint density at radius 2 is 1.68 bits per heavy atom. The van der Waals surface area contributed by atoms with Crippen molar-refractivity contribution in [2.75, 3.05) is 32.5 Å². The van der Waals surface area contributed by atoms with Crippen molar-refractivity contribution in [3.8, 4) is 0 Å². The van der Waals surface area contributed by atoms with E-state index in [0.717, 1.165) is 12.0 Å². The molecule has 0 unspecified atom stereocenters. The number of piperidine rings is 1. The Hall–Kier alpha value is -3.43. The molecule has 2 atom stereocenters. The Labute approximate surface area is 218 Å². The number of benzene rings is 3. The fourth-order valence-corrected chi connectivity index (χ4v) is 6.50. The summed E-state index contributed by atoms with van der Waals surface area (Å²) in [5.41, 5.74) is 1.97. The summed E-state index contributed by atoms with van der Waals surface area (Å²) in [6, 6.07) is 17.3. The fraction of sp³-hybridized carbons (Fsp3) is 0.357. The first-order valence-corrected chi connectivity index (χ1v) is 14.0. The van der Waals surface area contributed by atoms with Gasteiger partial charge in [-0.1, -0.05) is 55.8 Å². The van der Waals surface area contributed by atoms with Gasteiger partial charge in [-0.2, -0.15) is 0 Å². The minimum atomic E-state index is -3.86. The lowest BCUT2D eigenvalue weighted by Crippen LogP contribution is -2.53. The van der Waals surface area contributed by atoms with Gasteiger partial charge in [0.1, 0.15) is 0 Å². The molecule has 1 heterocycles. The molecule has 3 aromatic rings. The number of nitrogens with one attached hydrogen (secondary N) is 2. The molecule has 0 bridgehead atoms. The van der Waals surface area contributed by atoms with Crippen molar-refractivity contribution in [2.45, 2.75) is 37.6 Å². The topological polar surface area (TPSA) is 98.8 Å². The van der Waals surface area contributed by atoms with Crippen LogP contribution in [0.4, 0.5) is 10.5 Å². The van der Waals surface area contributed by atoms with Crippen molar-refractivity contribution in [3.05, 3.63) is 71.8 Å². The molecule has 3 amide bonds. The third-order valence-corrected chi connectivity index (χ3v) is 8.58. The number of likely N-dealkylation sites (tertiary alicyclic amines) is 1.